The van der Waals surface area contributed by atoms with Gasteiger partial charge in [0.15, 0.2) is 0 Å². The highest BCUT2D eigenvalue weighted by molar-refractivity contribution is 5.71. The number of hydrogen-bond acceptors (Lipinski definition) is 1. The van der Waals surface area contributed by atoms with Gasteiger partial charge >= 0.3 is 0 Å². The van der Waals surface area contributed by atoms with Crippen LogP contribution in [0.1, 0.15) is 30.4 Å². The summed E-state index contributed by atoms with van der Waals surface area (Å²) in [5.74, 6) is 2.49. The lowest BCUT2D eigenvalue weighted by Crippen LogP contribution is -2.29. The van der Waals surface area contributed by atoms with E-state index in [9.17, 15) is 0 Å². The van der Waals surface area contributed by atoms with Crippen molar-refractivity contribution >= 4 is 5.57 Å². The summed E-state index contributed by atoms with van der Waals surface area (Å²) in [6, 6.07) is 8.90. The van der Waals surface area contributed by atoms with Crippen molar-refractivity contribution < 1.29 is 0 Å². The van der Waals surface area contributed by atoms with Gasteiger partial charge in [-0.1, -0.05) is 30.3 Å². The molecule has 0 spiro atoms. The Hall–Kier alpha value is -1.08. The van der Waals surface area contributed by atoms with E-state index in [2.05, 4.69) is 56.3 Å². The van der Waals surface area contributed by atoms with Crippen molar-refractivity contribution in [2.75, 3.05) is 20.6 Å². The molecule has 1 nitrogen and oxygen atoms in total. The summed E-state index contributed by atoms with van der Waals surface area (Å²) < 4.78 is 0. The SMILES string of the molecule is Cc1ccccc1C1=C[C@@H]2CCC(C2)[C@@H]1CN(C)C. The van der Waals surface area contributed by atoms with Crippen LogP contribution in [0.5, 0.6) is 0 Å². The maximum atomic E-state index is 2.60. The molecule has 1 fully saturated rings. The summed E-state index contributed by atoms with van der Waals surface area (Å²) >= 11 is 0. The predicted molar refractivity (Wildman–Crippen MR) is 82.0 cm³/mol. The molecule has 0 aliphatic heterocycles. The molecule has 2 bridgehead atoms. The monoisotopic (exact) mass is 255 g/mol. The molecule has 0 N–H and O–H groups in total. The van der Waals surface area contributed by atoms with Crippen LogP contribution >= 0.6 is 0 Å². The van der Waals surface area contributed by atoms with Gasteiger partial charge in [0, 0.05) is 6.54 Å². The molecule has 0 amide bonds. The molecule has 2 aliphatic rings. The molecule has 2 aliphatic carbocycles. The van der Waals surface area contributed by atoms with E-state index in [1.54, 1.807) is 5.57 Å². The molecule has 1 heteroatoms. The van der Waals surface area contributed by atoms with Gasteiger partial charge in [-0.3, -0.25) is 0 Å². The molecule has 0 radical (unpaired) electrons. The fraction of sp³-hybridized carbons (Fsp3) is 0.556. The zero-order valence-electron chi connectivity index (χ0n) is 12.4. The molecule has 0 saturated heterocycles. The van der Waals surface area contributed by atoms with Crippen molar-refractivity contribution in [2.24, 2.45) is 17.8 Å². The maximum absolute atomic E-state index is 2.60. The lowest BCUT2D eigenvalue weighted by Gasteiger charge is -2.33. The summed E-state index contributed by atoms with van der Waals surface area (Å²) in [5, 5.41) is 0. The Balaban J connectivity index is 1.99. The lowest BCUT2D eigenvalue weighted by atomic mass is 9.75. The molecule has 3 atom stereocenters. The third-order valence-electron chi connectivity index (χ3n) is 4.92. The summed E-state index contributed by atoms with van der Waals surface area (Å²) in [6.45, 7) is 3.44. The highest BCUT2D eigenvalue weighted by Crippen LogP contribution is 2.48. The Morgan fingerprint density at radius 3 is 2.68 bits per heavy atom. The molecule has 1 aromatic carbocycles. The number of nitrogens with zero attached hydrogens (tertiary/aromatic N) is 1. The molecule has 0 aromatic heterocycles. The minimum absolute atomic E-state index is 0.731. The summed E-state index contributed by atoms with van der Waals surface area (Å²) in [7, 11) is 4.41. The highest BCUT2D eigenvalue weighted by Gasteiger charge is 2.37. The second-order valence-corrected chi connectivity index (χ2v) is 6.64. The van der Waals surface area contributed by atoms with Gasteiger partial charge in [-0.2, -0.15) is 0 Å². The molecule has 1 unspecified atom stereocenters. The maximum Gasteiger partial charge on any atom is 0.00469 e. The van der Waals surface area contributed by atoms with E-state index < -0.39 is 0 Å². The van der Waals surface area contributed by atoms with Crippen LogP contribution in [0.2, 0.25) is 0 Å². The first-order chi connectivity index (χ1) is 9.15. The lowest BCUT2D eigenvalue weighted by molar-refractivity contribution is 0.289. The number of aryl methyl sites for hydroxylation is 1. The molecule has 19 heavy (non-hydrogen) atoms. The Kier molecular flexibility index (Phi) is 3.49. The normalized spacial score (nSPS) is 29.7. The molecular formula is C18H25N. The van der Waals surface area contributed by atoms with Crippen LogP contribution in [-0.4, -0.2) is 25.5 Å². The summed E-state index contributed by atoms with van der Waals surface area (Å²) in [5.41, 5.74) is 4.55. The first kappa shape index (κ1) is 12.9. The van der Waals surface area contributed by atoms with E-state index >= 15 is 0 Å². The number of rotatable bonds is 3. The van der Waals surface area contributed by atoms with Crippen LogP contribution in [0.4, 0.5) is 0 Å². The van der Waals surface area contributed by atoms with Crippen molar-refractivity contribution in [3.63, 3.8) is 0 Å². The molecule has 1 aromatic rings. The van der Waals surface area contributed by atoms with Crippen LogP contribution in [0, 0.1) is 24.7 Å². The van der Waals surface area contributed by atoms with Crippen molar-refractivity contribution in [1.82, 2.24) is 4.90 Å². The summed E-state index contributed by atoms with van der Waals surface area (Å²) in [6.07, 6.45) is 6.85. The van der Waals surface area contributed by atoms with Crippen molar-refractivity contribution in [3.05, 3.63) is 41.5 Å². The average Bonchev–Trinajstić information content (AvgIpc) is 2.76. The van der Waals surface area contributed by atoms with Crippen molar-refractivity contribution in [3.8, 4) is 0 Å². The molecule has 102 valence electrons. The van der Waals surface area contributed by atoms with Crippen LogP contribution in [0.3, 0.4) is 0 Å². The first-order valence-corrected chi connectivity index (χ1v) is 7.57. The average molecular weight is 255 g/mol. The fourth-order valence-corrected chi connectivity index (χ4v) is 4.03. The fourth-order valence-electron chi connectivity index (χ4n) is 4.03. The Labute approximate surface area is 117 Å². The Morgan fingerprint density at radius 1 is 1.16 bits per heavy atom. The Bertz CT molecular complexity index is 486. The third kappa shape index (κ3) is 2.49. The zero-order chi connectivity index (χ0) is 13.4. The van der Waals surface area contributed by atoms with E-state index in [0.717, 1.165) is 17.8 Å². The predicted octanol–water partition coefficient (Wildman–Crippen LogP) is 3.99. The first-order valence-electron chi connectivity index (χ1n) is 7.57. The molecule has 3 rings (SSSR count). The summed E-state index contributed by atoms with van der Waals surface area (Å²) in [4.78, 5) is 2.36. The number of fused-ring (bicyclic) bond motifs is 2. The second-order valence-electron chi connectivity index (χ2n) is 6.64. The molecular weight excluding hydrogens is 230 g/mol. The van der Waals surface area contributed by atoms with Crippen LogP contribution in [0.15, 0.2) is 30.3 Å². The molecule has 1 saturated carbocycles. The van der Waals surface area contributed by atoms with Gasteiger partial charge in [0.25, 0.3) is 0 Å². The van der Waals surface area contributed by atoms with Crippen molar-refractivity contribution in [2.45, 2.75) is 26.2 Å². The van der Waals surface area contributed by atoms with Gasteiger partial charge in [0.05, 0.1) is 0 Å². The van der Waals surface area contributed by atoms with Gasteiger partial charge in [-0.05, 0) is 74.7 Å². The van der Waals surface area contributed by atoms with Crippen LogP contribution < -0.4 is 0 Å². The molecule has 0 heterocycles. The van der Waals surface area contributed by atoms with Crippen LogP contribution in [0.25, 0.3) is 5.57 Å². The largest absolute Gasteiger partial charge is 0.309 e. The third-order valence-corrected chi connectivity index (χ3v) is 4.92. The van der Waals surface area contributed by atoms with E-state index in [-0.39, 0.29) is 0 Å². The smallest absolute Gasteiger partial charge is 0.00469 e. The van der Waals surface area contributed by atoms with E-state index in [1.807, 2.05) is 0 Å². The van der Waals surface area contributed by atoms with Gasteiger partial charge in [-0.25, -0.2) is 0 Å². The van der Waals surface area contributed by atoms with Gasteiger partial charge < -0.3 is 4.90 Å². The number of allylic oxidation sites excluding steroid dienone is 1. The Morgan fingerprint density at radius 2 is 1.95 bits per heavy atom. The van der Waals surface area contributed by atoms with E-state index in [1.165, 1.54) is 36.9 Å². The second kappa shape index (κ2) is 5.13. The number of hydrogen-bond donors (Lipinski definition) is 0. The van der Waals surface area contributed by atoms with Gasteiger partial charge in [0.1, 0.15) is 0 Å². The highest BCUT2D eigenvalue weighted by atomic mass is 15.1. The van der Waals surface area contributed by atoms with Crippen molar-refractivity contribution in [1.29, 1.82) is 0 Å². The van der Waals surface area contributed by atoms with Gasteiger partial charge in [-0.15, -0.1) is 0 Å². The minimum atomic E-state index is 0.731. The topological polar surface area (TPSA) is 3.24 Å². The zero-order valence-corrected chi connectivity index (χ0v) is 12.4. The van der Waals surface area contributed by atoms with Crippen LogP contribution in [-0.2, 0) is 0 Å². The minimum Gasteiger partial charge on any atom is -0.309 e. The standard InChI is InChI=1S/C18H25N/c1-13-6-4-5-7-16(13)17-11-14-8-9-15(10-14)18(17)12-19(2)3/h4-7,11,14-15,18H,8-10,12H2,1-3H3/t14-,15?,18+/m1/s1. The van der Waals surface area contributed by atoms with E-state index in [0.29, 0.717) is 0 Å². The van der Waals surface area contributed by atoms with E-state index in [4.69, 9.17) is 0 Å². The van der Waals surface area contributed by atoms with Gasteiger partial charge in [0.2, 0.25) is 0 Å². The number of benzene rings is 1. The quantitative estimate of drug-likeness (QED) is 0.789.